The third-order valence-corrected chi connectivity index (χ3v) is 4.41. The standard InChI is InChI=1S/C14H19BrN2O2/c1-14(2)11(7-12(14)19-3)17-13(18)8-4-9(15)6-10(16)5-8/h4-6,11-12H,7,16H2,1-3H3,(H,17,18). The SMILES string of the molecule is COC1CC(NC(=O)c2cc(N)cc(Br)c2)C1(C)C. The summed E-state index contributed by atoms with van der Waals surface area (Å²) in [6.45, 7) is 4.20. The molecule has 104 valence electrons. The van der Waals surface area contributed by atoms with Gasteiger partial charge in [0, 0.05) is 34.3 Å². The van der Waals surface area contributed by atoms with E-state index in [-0.39, 0.29) is 23.5 Å². The van der Waals surface area contributed by atoms with Gasteiger partial charge in [-0.15, -0.1) is 0 Å². The zero-order chi connectivity index (χ0) is 14.2. The third-order valence-electron chi connectivity index (χ3n) is 3.95. The number of hydrogen-bond acceptors (Lipinski definition) is 3. The van der Waals surface area contributed by atoms with Crippen molar-refractivity contribution in [2.45, 2.75) is 32.4 Å². The number of amides is 1. The molecule has 1 aromatic carbocycles. The molecule has 1 amide bonds. The zero-order valence-corrected chi connectivity index (χ0v) is 13.0. The maximum absolute atomic E-state index is 12.2. The van der Waals surface area contributed by atoms with Gasteiger partial charge in [0.15, 0.2) is 0 Å². The van der Waals surface area contributed by atoms with E-state index in [0.717, 1.165) is 10.9 Å². The molecule has 2 unspecified atom stereocenters. The van der Waals surface area contributed by atoms with Crippen molar-refractivity contribution in [1.82, 2.24) is 5.32 Å². The average Bonchev–Trinajstić information content (AvgIpc) is 2.32. The Hall–Kier alpha value is -1.07. The maximum atomic E-state index is 12.2. The fourth-order valence-electron chi connectivity index (χ4n) is 2.52. The number of rotatable bonds is 3. The minimum absolute atomic E-state index is 0.0397. The van der Waals surface area contributed by atoms with Gasteiger partial charge in [-0.1, -0.05) is 29.8 Å². The second-order valence-electron chi connectivity index (χ2n) is 5.58. The largest absolute Gasteiger partial charge is 0.399 e. The third kappa shape index (κ3) is 2.77. The number of nitrogens with one attached hydrogen (secondary N) is 1. The number of methoxy groups -OCH3 is 1. The van der Waals surface area contributed by atoms with Gasteiger partial charge < -0.3 is 15.8 Å². The van der Waals surface area contributed by atoms with Crippen LogP contribution in [0.3, 0.4) is 0 Å². The van der Waals surface area contributed by atoms with Crippen LogP contribution >= 0.6 is 15.9 Å². The fraction of sp³-hybridized carbons (Fsp3) is 0.500. The van der Waals surface area contributed by atoms with Gasteiger partial charge in [-0.3, -0.25) is 4.79 Å². The van der Waals surface area contributed by atoms with Crippen molar-refractivity contribution < 1.29 is 9.53 Å². The predicted molar refractivity (Wildman–Crippen MR) is 79.0 cm³/mol. The molecule has 3 N–H and O–H groups in total. The molecule has 0 aliphatic heterocycles. The van der Waals surface area contributed by atoms with Crippen LogP contribution in [0, 0.1) is 5.41 Å². The van der Waals surface area contributed by atoms with Crippen molar-refractivity contribution >= 4 is 27.5 Å². The minimum Gasteiger partial charge on any atom is -0.399 e. The van der Waals surface area contributed by atoms with Crippen molar-refractivity contribution in [2.75, 3.05) is 12.8 Å². The molecule has 4 nitrogen and oxygen atoms in total. The molecule has 0 bridgehead atoms. The Morgan fingerprint density at radius 3 is 2.68 bits per heavy atom. The van der Waals surface area contributed by atoms with Crippen LogP contribution in [0.5, 0.6) is 0 Å². The molecule has 19 heavy (non-hydrogen) atoms. The summed E-state index contributed by atoms with van der Waals surface area (Å²) in [7, 11) is 1.71. The van der Waals surface area contributed by atoms with E-state index in [2.05, 4.69) is 35.1 Å². The van der Waals surface area contributed by atoms with Gasteiger partial charge in [0.25, 0.3) is 5.91 Å². The highest BCUT2D eigenvalue weighted by atomic mass is 79.9. The molecule has 5 heteroatoms. The van der Waals surface area contributed by atoms with Crippen LogP contribution < -0.4 is 11.1 Å². The summed E-state index contributed by atoms with van der Waals surface area (Å²) in [6.07, 6.45) is 1.05. The van der Waals surface area contributed by atoms with Crippen molar-refractivity contribution in [2.24, 2.45) is 5.41 Å². The molecule has 1 saturated carbocycles. The van der Waals surface area contributed by atoms with E-state index in [9.17, 15) is 4.79 Å². The Morgan fingerprint density at radius 1 is 1.47 bits per heavy atom. The van der Waals surface area contributed by atoms with Crippen LogP contribution in [0.25, 0.3) is 0 Å². The number of hydrogen-bond donors (Lipinski definition) is 2. The van der Waals surface area contributed by atoms with Crippen LogP contribution in [0.2, 0.25) is 0 Å². The summed E-state index contributed by atoms with van der Waals surface area (Å²) in [5, 5.41) is 3.05. The minimum atomic E-state index is -0.0966. The highest BCUT2D eigenvalue weighted by Gasteiger charge is 2.49. The van der Waals surface area contributed by atoms with Crippen molar-refractivity contribution in [3.8, 4) is 0 Å². The molecule has 0 radical (unpaired) electrons. The molecule has 2 rings (SSSR count). The summed E-state index contributed by atoms with van der Waals surface area (Å²) in [5.41, 5.74) is 6.85. The summed E-state index contributed by atoms with van der Waals surface area (Å²) in [6, 6.07) is 5.35. The first-order valence-electron chi connectivity index (χ1n) is 6.24. The number of benzene rings is 1. The Balaban J connectivity index is 2.06. The molecule has 0 aromatic heterocycles. The Kier molecular flexibility index (Phi) is 3.87. The van der Waals surface area contributed by atoms with Gasteiger partial charge >= 0.3 is 0 Å². The lowest BCUT2D eigenvalue weighted by Gasteiger charge is -2.51. The second-order valence-corrected chi connectivity index (χ2v) is 6.50. The lowest BCUT2D eigenvalue weighted by molar-refractivity contribution is -0.0942. The number of nitrogen functional groups attached to an aromatic ring is 1. The van der Waals surface area contributed by atoms with E-state index in [1.807, 2.05) is 0 Å². The highest BCUT2D eigenvalue weighted by molar-refractivity contribution is 9.10. The van der Waals surface area contributed by atoms with Gasteiger partial charge in [0.05, 0.1) is 6.10 Å². The Labute approximate surface area is 121 Å². The van der Waals surface area contributed by atoms with E-state index >= 15 is 0 Å². The van der Waals surface area contributed by atoms with Gasteiger partial charge in [-0.05, 0) is 24.6 Å². The zero-order valence-electron chi connectivity index (χ0n) is 11.4. The lowest BCUT2D eigenvalue weighted by atomic mass is 9.64. The van der Waals surface area contributed by atoms with Crippen molar-refractivity contribution in [1.29, 1.82) is 0 Å². The average molecular weight is 327 g/mol. The van der Waals surface area contributed by atoms with Gasteiger partial charge in [-0.2, -0.15) is 0 Å². The quantitative estimate of drug-likeness (QED) is 0.839. The first-order valence-corrected chi connectivity index (χ1v) is 7.03. The van der Waals surface area contributed by atoms with E-state index in [1.54, 1.807) is 25.3 Å². The number of anilines is 1. The van der Waals surface area contributed by atoms with Crippen LogP contribution in [0.4, 0.5) is 5.69 Å². The number of carbonyl (C=O) groups excluding carboxylic acids is 1. The highest BCUT2D eigenvalue weighted by Crippen LogP contribution is 2.42. The molecule has 2 atom stereocenters. The van der Waals surface area contributed by atoms with E-state index in [4.69, 9.17) is 10.5 Å². The van der Waals surface area contributed by atoms with Crippen LogP contribution in [-0.4, -0.2) is 25.2 Å². The lowest BCUT2D eigenvalue weighted by Crippen LogP contribution is -2.61. The van der Waals surface area contributed by atoms with Crippen molar-refractivity contribution in [3.05, 3.63) is 28.2 Å². The summed E-state index contributed by atoms with van der Waals surface area (Å²) >= 11 is 3.34. The number of nitrogens with two attached hydrogens (primary N) is 1. The second kappa shape index (κ2) is 5.13. The molecule has 0 spiro atoms. The Bertz CT molecular complexity index is 482. The predicted octanol–water partition coefficient (Wildman–Crippen LogP) is 2.57. The maximum Gasteiger partial charge on any atom is 0.251 e. The normalized spacial score (nSPS) is 24.6. The summed E-state index contributed by atoms with van der Waals surface area (Å²) in [4.78, 5) is 12.2. The van der Waals surface area contributed by atoms with Crippen LogP contribution in [0.15, 0.2) is 22.7 Å². The number of halogens is 1. The summed E-state index contributed by atoms with van der Waals surface area (Å²) in [5.74, 6) is -0.0966. The summed E-state index contributed by atoms with van der Waals surface area (Å²) < 4.78 is 6.18. The van der Waals surface area contributed by atoms with Crippen molar-refractivity contribution in [3.63, 3.8) is 0 Å². The van der Waals surface area contributed by atoms with E-state index < -0.39 is 0 Å². The van der Waals surface area contributed by atoms with Crippen LogP contribution in [-0.2, 0) is 4.74 Å². The Morgan fingerprint density at radius 2 is 2.16 bits per heavy atom. The molecule has 1 aliphatic rings. The van der Waals surface area contributed by atoms with Gasteiger partial charge in [0.2, 0.25) is 0 Å². The first-order chi connectivity index (χ1) is 8.84. The first kappa shape index (κ1) is 14.3. The van der Waals surface area contributed by atoms with E-state index in [1.165, 1.54) is 0 Å². The monoisotopic (exact) mass is 326 g/mol. The molecule has 1 aliphatic carbocycles. The van der Waals surface area contributed by atoms with Crippen LogP contribution in [0.1, 0.15) is 30.6 Å². The van der Waals surface area contributed by atoms with Gasteiger partial charge in [0.1, 0.15) is 0 Å². The topological polar surface area (TPSA) is 64.3 Å². The molecular formula is C14H19BrN2O2. The molecule has 0 saturated heterocycles. The number of carbonyl (C=O) groups is 1. The van der Waals surface area contributed by atoms with Gasteiger partial charge in [-0.25, -0.2) is 0 Å². The molecule has 1 aromatic rings. The fourth-order valence-corrected chi connectivity index (χ4v) is 3.03. The smallest absolute Gasteiger partial charge is 0.251 e. The van der Waals surface area contributed by atoms with E-state index in [0.29, 0.717) is 11.3 Å². The molecular weight excluding hydrogens is 308 g/mol. The molecule has 1 fully saturated rings. The number of ether oxygens (including phenoxy) is 1. The molecule has 0 heterocycles.